The highest BCUT2D eigenvalue weighted by molar-refractivity contribution is 5.95. The molecule has 1 aliphatic rings. The van der Waals surface area contributed by atoms with E-state index in [9.17, 15) is 4.79 Å². The van der Waals surface area contributed by atoms with Crippen LogP contribution in [0.3, 0.4) is 0 Å². The molecule has 106 valence electrons. The number of aromatic nitrogens is 2. The zero-order valence-corrected chi connectivity index (χ0v) is 12.1. The average Bonchev–Trinajstić information content (AvgIpc) is 2.73. The molecule has 0 saturated heterocycles. The second-order valence-corrected chi connectivity index (χ2v) is 5.45. The largest absolute Gasteiger partial charge is 0.328 e. The molecule has 1 N–H and O–H groups in total. The highest BCUT2D eigenvalue weighted by Gasteiger charge is 2.25. The number of amides is 1. The zero-order chi connectivity index (χ0) is 14.1. The first-order valence-electron chi connectivity index (χ1n) is 7.53. The van der Waals surface area contributed by atoms with Gasteiger partial charge in [-0.05, 0) is 38.0 Å². The molecule has 0 unspecified atom stereocenters. The van der Waals surface area contributed by atoms with Crippen molar-refractivity contribution in [2.24, 2.45) is 5.92 Å². The van der Waals surface area contributed by atoms with E-state index >= 15 is 0 Å². The molecular weight excluding hydrogens is 250 g/mol. The average molecular weight is 271 g/mol. The van der Waals surface area contributed by atoms with E-state index in [0.717, 1.165) is 48.4 Å². The van der Waals surface area contributed by atoms with Crippen molar-refractivity contribution in [3.05, 3.63) is 24.0 Å². The van der Waals surface area contributed by atoms with Crippen LogP contribution in [0, 0.1) is 5.92 Å². The second kappa shape index (κ2) is 5.27. The molecular formula is C16H21N3O. The summed E-state index contributed by atoms with van der Waals surface area (Å²) in [6.45, 7) is 5.17. The van der Waals surface area contributed by atoms with Gasteiger partial charge in [0, 0.05) is 24.6 Å². The predicted molar refractivity (Wildman–Crippen MR) is 80.8 cm³/mol. The Hall–Kier alpha value is -1.84. The summed E-state index contributed by atoms with van der Waals surface area (Å²) in [7, 11) is 0. The van der Waals surface area contributed by atoms with Crippen LogP contribution in [-0.4, -0.2) is 15.5 Å². The number of anilines is 1. The number of carbonyl (C=O) groups is 1. The van der Waals surface area contributed by atoms with Gasteiger partial charge in [0.1, 0.15) is 5.82 Å². The minimum absolute atomic E-state index is 0.154. The zero-order valence-electron chi connectivity index (χ0n) is 12.1. The fourth-order valence-corrected chi connectivity index (χ4v) is 2.79. The predicted octanol–water partition coefficient (Wildman–Crippen LogP) is 3.36. The van der Waals surface area contributed by atoms with E-state index in [1.807, 2.05) is 12.1 Å². The van der Waals surface area contributed by atoms with Crippen molar-refractivity contribution < 1.29 is 4.79 Å². The van der Waals surface area contributed by atoms with Crippen LogP contribution in [0.2, 0.25) is 0 Å². The molecule has 1 aliphatic carbocycles. The van der Waals surface area contributed by atoms with E-state index in [2.05, 4.69) is 34.8 Å². The Balaban J connectivity index is 1.88. The quantitative estimate of drug-likeness (QED) is 0.927. The van der Waals surface area contributed by atoms with Gasteiger partial charge in [0.05, 0.1) is 11.0 Å². The normalized spacial score (nSPS) is 15.3. The van der Waals surface area contributed by atoms with Gasteiger partial charge < -0.3 is 9.88 Å². The minimum atomic E-state index is 0.154. The van der Waals surface area contributed by atoms with Gasteiger partial charge in [0.2, 0.25) is 5.91 Å². The molecule has 0 bridgehead atoms. The number of hydrogen-bond acceptors (Lipinski definition) is 2. The summed E-state index contributed by atoms with van der Waals surface area (Å²) in [5.41, 5.74) is 2.97. The summed E-state index contributed by atoms with van der Waals surface area (Å²) in [5.74, 6) is 1.47. The Morgan fingerprint density at radius 3 is 2.80 bits per heavy atom. The Morgan fingerprint density at radius 2 is 2.20 bits per heavy atom. The molecule has 3 rings (SSSR count). The van der Waals surface area contributed by atoms with Crippen LogP contribution in [0.1, 0.15) is 38.9 Å². The molecule has 1 saturated carbocycles. The van der Waals surface area contributed by atoms with Gasteiger partial charge in [-0.15, -0.1) is 0 Å². The smallest absolute Gasteiger partial charge is 0.227 e. The summed E-state index contributed by atoms with van der Waals surface area (Å²) < 4.78 is 2.23. The Morgan fingerprint density at radius 1 is 1.40 bits per heavy atom. The number of fused-ring (bicyclic) bond motifs is 1. The summed E-state index contributed by atoms with van der Waals surface area (Å²) >= 11 is 0. The monoisotopic (exact) mass is 271 g/mol. The van der Waals surface area contributed by atoms with Gasteiger partial charge in [-0.1, -0.05) is 13.3 Å². The van der Waals surface area contributed by atoms with Crippen molar-refractivity contribution in [2.45, 2.75) is 46.1 Å². The van der Waals surface area contributed by atoms with Crippen molar-refractivity contribution in [3.8, 4) is 0 Å². The van der Waals surface area contributed by atoms with Crippen LogP contribution >= 0.6 is 0 Å². The fraction of sp³-hybridized carbons (Fsp3) is 0.500. The van der Waals surface area contributed by atoms with Crippen LogP contribution in [0.4, 0.5) is 5.69 Å². The molecule has 1 fully saturated rings. The maximum absolute atomic E-state index is 12.0. The molecule has 0 spiro atoms. The Kier molecular flexibility index (Phi) is 3.47. The molecule has 4 heteroatoms. The number of nitrogens with zero attached hydrogens (tertiary/aromatic N) is 2. The standard InChI is InChI=1S/C16H21N3O/c1-3-15-18-13-10-12(8-9-14(13)19(15)4-2)17-16(20)11-6-5-7-11/h8-11H,3-7H2,1-2H3,(H,17,20). The minimum Gasteiger partial charge on any atom is -0.328 e. The van der Waals surface area contributed by atoms with Crippen molar-refractivity contribution in [2.75, 3.05) is 5.32 Å². The fourth-order valence-electron chi connectivity index (χ4n) is 2.79. The van der Waals surface area contributed by atoms with E-state index < -0.39 is 0 Å². The number of imidazole rings is 1. The van der Waals surface area contributed by atoms with Crippen LogP contribution in [0.15, 0.2) is 18.2 Å². The topological polar surface area (TPSA) is 46.9 Å². The number of nitrogens with one attached hydrogen (secondary N) is 1. The number of carbonyl (C=O) groups excluding carboxylic acids is 1. The maximum atomic E-state index is 12.0. The number of rotatable bonds is 4. The van der Waals surface area contributed by atoms with Crippen LogP contribution in [0.5, 0.6) is 0 Å². The van der Waals surface area contributed by atoms with E-state index in [4.69, 9.17) is 0 Å². The summed E-state index contributed by atoms with van der Waals surface area (Å²) in [6.07, 6.45) is 4.15. The van der Waals surface area contributed by atoms with E-state index in [1.54, 1.807) is 0 Å². The van der Waals surface area contributed by atoms with Crippen molar-refractivity contribution in [1.29, 1.82) is 0 Å². The molecule has 4 nitrogen and oxygen atoms in total. The first-order chi connectivity index (χ1) is 9.72. The molecule has 1 heterocycles. The van der Waals surface area contributed by atoms with Gasteiger partial charge in [0.15, 0.2) is 0 Å². The van der Waals surface area contributed by atoms with Gasteiger partial charge in [0.25, 0.3) is 0 Å². The van der Waals surface area contributed by atoms with Crippen LogP contribution < -0.4 is 5.32 Å². The summed E-state index contributed by atoms with van der Waals surface area (Å²) in [6, 6.07) is 6.02. The molecule has 0 atom stereocenters. The maximum Gasteiger partial charge on any atom is 0.227 e. The summed E-state index contributed by atoms with van der Waals surface area (Å²) in [5, 5.41) is 3.01. The lowest BCUT2D eigenvalue weighted by Crippen LogP contribution is -2.27. The number of benzene rings is 1. The molecule has 1 aromatic heterocycles. The third-order valence-corrected chi connectivity index (χ3v) is 4.20. The van der Waals surface area contributed by atoms with Crippen molar-refractivity contribution >= 4 is 22.6 Å². The highest BCUT2D eigenvalue weighted by atomic mass is 16.1. The highest BCUT2D eigenvalue weighted by Crippen LogP contribution is 2.28. The third kappa shape index (κ3) is 2.19. The van der Waals surface area contributed by atoms with Gasteiger partial charge in [-0.25, -0.2) is 4.98 Å². The van der Waals surface area contributed by atoms with E-state index in [-0.39, 0.29) is 11.8 Å². The summed E-state index contributed by atoms with van der Waals surface area (Å²) in [4.78, 5) is 16.6. The molecule has 20 heavy (non-hydrogen) atoms. The number of aryl methyl sites for hydroxylation is 2. The lowest BCUT2D eigenvalue weighted by atomic mass is 9.85. The van der Waals surface area contributed by atoms with Crippen molar-refractivity contribution in [3.63, 3.8) is 0 Å². The molecule has 2 aromatic rings. The number of hydrogen-bond donors (Lipinski definition) is 1. The first kappa shape index (κ1) is 13.2. The third-order valence-electron chi connectivity index (χ3n) is 4.20. The lowest BCUT2D eigenvalue weighted by molar-refractivity contribution is -0.122. The Bertz CT molecular complexity index is 640. The van der Waals surface area contributed by atoms with Gasteiger partial charge >= 0.3 is 0 Å². The second-order valence-electron chi connectivity index (χ2n) is 5.45. The SMILES string of the molecule is CCc1nc2cc(NC(=O)C3CCC3)ccc2n1CC. The first-order valence-corrected chi connectivity index (χ1v) is 7.53. The molecule has 1 aromatic carbocycles. The van der Waals surface area contributed by atoms with Gasteiger partial charge in [-0.3, -0.25) is 4.79 Å². The van der Waals surface area contributed by atoms with Gasteiger partial charge in [-0.2, -0.15) is 0 Å². The molecule has 1 amide bonds. The molecule has 0 radical (unpaired) electrons. The van der Waals surface area contributed by atoms with Crippen molar-refractivity contribution in [1.82, 2.24) is 9.55 Å². The van der Waals surface area contributed by atoms with Crippen LogP contribution in [-0.2, 0) is 17.8 Å². The van der Waals surface area contributed by atoms with Crippen LogP contribution in [0.25, 0.3) is 11.0 Å². The van der Waals surface area contributed by atoms with E-state index in [1.165, 1.54) is 6.42 Å². The van der Waals surface area contributed by atoms with E-state index in [0.29, 0.717) is 0 Å². The molecule has 0 aliphatic heterocycles. The Labute approximate surface area is 119 Å². The lowest BCUT2D eigenvalue weighted by Gasteiger charge is -2.24.